The molecule has 0 aromatic carbocycles. The van der Waals surface area contributed by atoms with Gasteiger partial charge in [-0.15, -0.1) is 0 Å². The molecule has 2 aliphatic rings. The van der Waals surface area contributed by atoms with E-state index in [-0.39, 0.29) is 0 Å². The predicted molar refractivity (Wildman–Crippen MR) is 69.5 cm³/mol. The van der Waals surface area contributed by atoms with E-state index in [1.165, 1.54) is 12.6 Å². The number of hydrogen-bond donors (Lipinski definition) is 1. The molecule has 0 aromatic rings. The van der Waals surface area contributed by atoms with Crippen LogP contribution in [0.25, 0.3) is 0 Å². The average Bonchev–Trinajstić information content (AvgIpc) is 2.56. The van der Waals surface area contributed by atoms with Crippen molar-refractivity contribution in [2.75, 3.05) is 12.7 Å². The molecule has 0 bridgehead atoms. The Bertz CT molecular complexity index is 323. The molecule has 15 heavy (non-hydrogen) atoms. The van der Waals surface area contributed by atoms with Crippen LogP contribution < -0.4 is 5.09 Å². The zero-order chi connectivity index (χ0) is 11.0. The van der Waals surface area contributed by atoms with E-state index >= 15 is 0 Å². The molecule has 0 saturated heterocycles. The Kier molecular flexibility index (Phi) is 3.33. The normalized spacial score (nSPS) is 23.6. The lowest BCUT2D eigenvalue weighted by Gasteiger charge is -2.20. The van der Waals surface area contributed by atoms with Crippen molar-refractivity contribution in [1.82, 2.24) is 5.09 Å². The van der Waals surface area contributed by atoms with Gasteiger partial charge in [-0.3, -0.25) is 5.09 Å². The van der Waals surface area contributed by atoms with E-state index in [2.05, 4.69) is 32.8 Å². The van der Waals surface area contributed by atoms with Crippen LogP contribution >= 0.6 is 8.73 Å². The summed E-state index contributed by atoms with van der Waals surface area (Å²) in [7, 11) is 0.947. The Morgan fingerprint density at radius 3 is 2.47 bits per heavy atom. The molecule has 2 heteroatoms. The molecule has 0 aromatic heterocycles. The number of rotatable bonds is 2. The summed E-state index contributed by atoms with van der Waals surface area (Å²) >= 11 is 0. The van der Waals surface area contributed by atoms with Crippen LogP contribution in [0.2, 0.25) is 0 Å². The zero-order valence-electron chi connectivity index (χ0n) is 10.3. The minimum atomic E-state index is 0.693. The first-order chi connectivity index (χ1) is 7.11. The van der Waals surface area contributed by atoms with Crippen LogP contribution in [0.3, 0.4) is 0 Å². The van der Waals surface area contributed by atoms with Gasteiger partial charge in [-0.05, 0) is 44.3 Å². The summed E-state index contributed by atoms with van der Waals surface area (Å²) < 4.78 is 0. The van der Waals surface area contributed by atoms with E-state index in [0.29, 0.717) is 5.92 Å². The maximum absolute atomic E-state index is 3.54. The third-order valence-corrected chi connectivity index (χ3v) is 4.50. The van der Waals surface area contributed by atoms with Gasteiger partial charge in [0.05, 0.1) is 0 Å². The smallest absolute Gasteiger partial charge is 0.0242 e. The molecule has 1 N–H and O–H groups in total. The minimum Gasteiger partial charge on any atom is -0.293 e. The molecule has 0 amide bonds. The van der Waals surface area contributed by atoms with Crippen molar-refractivity contribution in [3.8, 4) is 0 Å². The van der Waals surface area contributed by atoms with Crippen molar-refractivity contribution in [2.24, 2.45) is 11.8 Å². The molecule has 1 heterocycles. The lowest BCUT2D eigenvalue weighted by Crippen LogP contribution is -2.16. The van der Waals surface area contributed by atoms with Crippen LogP contribution in [0.1, 0.15) is 34.1 Å². The maximum Gasteiger partial charge on any atom is 0.0242 e. The molecule has 84 valence electrons. The van der Waals surface area contributed by atoms with Crippen LogP contribution in [-0.2, 0) is 0 Å². The molecule has 1 unspecified atom stereocenters. The molecule has 0 fully saturated rings. The van der Waals surface area contributed by atoms with Crippen LogP contribution in [0.5, 0.6) is 0 Å². The van der Waals surface area contributed by atoms with E-state index in [4.69, 9.17) is 0 Å². The number of hydrogen-bond acceptors (Lipinski definition) is 1. The second-order valence-electron chi connectivity index (χ2n) is 5.21. The van der Waals surface area contributed by atoms with Crippen molar-refractivity contribution in [1.29, 1.82) is 0 Å². The molecule has 1 aliphatic carbocycles. The lowest BCUT2D eigenvalue weighted by atomic mass is 9.90. The van der Waals surface area contributed by atoms with Gasteiger partial charge in [-0.1, -0.05) is 38.8 Å². The monoisotopic (exact) mass is 223 g/mol. The Labute approximate surface area is 95.2 Å². The second kappa shape index (κ2) is 4.39. The molecular weight excluding hydrogens is 201 g/mol. The fourth-order valence-corrected chi connectivity index (χ4v) is 3.74. The highest BCUT2D eigenvalue weighted by molar-refractivity contribution is 7.36. The Morgan fingerprint density at radius 1 is 1.13 bits per heavy atom. The first-order valence-corrected chi connectivity index (χ1v) is 7.22. The quantitative estimate of drug-likeness (QED) is 0.707. The topological polar surface area (TPSA) is 12.0 Å². The summed E-state index contributed by atoms with van der Waals surface area (Å²) in [6, 6.07) is 0. The summed E-state index contributed by atoms with van der Waals surface area (Å²) in [5.74, 6) is 1.41. The van der Waals surface area contributed by atoms with Crippen LogP contribution in [0, 0.1) is 11.8 Å². The maximum atomic E-state index is 3.54. The van der Waals surface area contributed by atoms with Gasteiger partial charge in [-0.2, -0.15) is 0 Å². The third kappa shape index (κ3) is 2.05. The van der Waals surface area contributed by atoms with E-state index in [1.807, 2.05) is 0 Å². The van der Waals surface area contributed by atoms with Crippen molar-refractivity contribution in [3.05, 3.63) is 22.3 Å². The van der Waals surface area contributed by atoms with E-state index in [0.717, 1.165) is 21.2 Å². The van der Waals surface area contributed by atoms with Crippen molar-refractivity contribution in [2.45, 2.75) is 34.1 Å². The SMILES string of the molecule is CC(C)C1=C(C(C)C)C2=C(CPNC2)C1. The van der Waals surface area contributed by atoms with Crippen LogP contribution in [0.15, 0.2) is 22.3 Å². The van der Waals surface area contributed by atoms with Gasteiger partial charge in [0.2, 0.25) is 0 Å². The summed E-state index contributed by atoms with van der Waals surface area (Å²) in [5, 5.41) is 3.54. The fourth-order valence-electron chi connectivity index (χ4n) is 2.76. The number of nitrogens with one attached hydrogen (secondary N) is 1. The largest absolute Gasteiger partial charge is 0.293 e. The van der Waals surface area contributed by atoms with Gasteiger partial charge in [0.15, 0.2) is 0 Å². The first-order valence-electron chi connectivity index (χ1n) is 6.01. The Balaban J connectivity index is 2.36. The van der Waals surface area contributed by atoms with Gasteiger partial charge in [0.25, 0.3) is 0 Å². The van der Waals surface area contributed by atoms with Crippen molar-refractivity contribution >= 4 is 8.73 Å². The first kappa shape index (κ1) is 11.4. The lowest BCUT2D eigenvalue weighted by molar-refractivity contribution is 0.694. The minimum absolute atomic E-state index is 0.693. The van der Waals surface area contributed by atoms with Gasteiger partial charge >= 0.3 is 0 Å². The van der Waals surface area contributed by atoms with Gasteiger partial charge < -0.3 is 0 Å². The van der Waals surface area contributed by atoms with E-state index < -0.39 is 0 Å². The standard InChI is InChI=1S/C13H22NP/c1-8(2)11-5-10-7-15-14-6-12(10)13(11)9(3)4/h8-9,14-15H,5-7H2,1-4H3. The molecule has 0 radical (unpaired) electrons. The van der Waals surface area contributed by atoms with E-state index in [1.54, 1.807) is 22.3 Å². The van der Waals surface area contributed by atoms with E-state index in [9.17, 15) is 0 Å². The molecule has 0 spiro atoms. The van der Waals surface area contributed by atoms with Gasteiger partial charge in [0.1, 0.15) is 0 Å². The van der Waals surface area contributed by atoms with Crippen LogP contribution in [-0.4, -0.2) is 12.7 Å². The van der Waals surface area contributed by atoms with Gasteiger partial charge in [-0.25, -0.2) is 0 Å². The summed E-state index contributed by atoms with van der Waals surface area (Å²) in [6.07, 6.45) is 2.57. The zero-order valence-corrected chi connectivity index (χ0v) is 11.3. The third-order valence-electron chi connectivity index (χ3n) is 3.47. The Morgan fingerprint density at radius 2 is 1.87 bits per heavy atom. The van der Waals surface area contributed by atoms with Gasteiger partial charge in [0, 0.05) is 6.54 Å². The molecular formula is C13H22NP. The Hall–Kier alpha value is -0.130. The predicted octanol–water partition coefficient (Wildman–Crippen LogP) is 3.49. The molecule has 0 saturated carbocycles. The second-order valence-corrected chi connectivity index (χ2v) is 6.27. The molecule has 2 rings (SSSR count). The summed E-state index contributed by atoms with van der Waals surface area (Å²) in [5.41, 5.74) is 6.78. The molecule has 1 nitrogen and oxygen atoms in total. The fraction of sp³-hybridized carbons (Fsp3) is 0.692. The highest BCUT2D eigenvalue weighted by Gasteiger charge is 2.28. The molecule has 1 aliphatic heterocycles. The van der Waals surface area contributed by atoms with Crippen molar-refractivity contribution < 1.29 is 0 Å². The highest BCUT2D eigenvalue weighted by atomic mass is 31.1. The highest BCUT2D eigenvalue weighted by Crippen LogP contribution is 2.43. The average molecular weight is 223 g/mol. The summed E-state index contributed by atoms with van der Waals surface area (Å²) in [4.78, 5) is 0. The van der Waals surface area contributed by atoms with Crippen LogP contribution in [0.4, 0.5) is 0 Å². The summed E-state index contributed by atoms with van der Waals surface area (Å²) in [6.45, 7) is 10.5. The number of allylic oxidation sites excluding steroid dienone is 2. The van der Waals surface area contributed by atoms with Crippen molar-refractivity contribution in [3.63, 3.8) is 0 Å². The molecule has 1 atom stereocenters.